The molecule has 0 saturated heterocycles. The van der Waals surface area contributed by atoms with Crippen molar-refractivity contribution in [3.05, 3.63) is 70.5 Å². The number of hydrogen-bond acceptors (Lipinski definition) is 5. The fraction of sp³-hybridized carbons (Fsp3) is 0.286. The molecule has 0 bridgehead atoms. The summed E-state index contributed by atoms with van der Waals surface area (Å²) in [7, 11) is 0. The van der Waals surface area contributed by atoms with Crippen LogP contribution in [0.15, 0.2) is 53.7 Å². The lowest BCUT2D eigenvalue weighted by molar-refractivity contribution is -0.116. The second-order valence-electron chi connectivity index (χ2n) is 7.04. The number of hydrogen-bond donors (Lipinski definition) is 2. The molecule has 1 aromatic heterocycles. The summed E-state index contributed by atoms with van der Waals surface area (Å²) in [6, 6.07) is 15.1. The van der Waals surface area contributed by atoms with Crippen LogP contribution in [0, 0.1) is 6.92 Å². The molecule has 2 aromatic carbocycles. The summed E-state index contributed by atoms with van der Waals surface area (Å²) in [5, 5.41) is 12.5. The first-order valence-corrected chi connectivity index (χ1v) is 10.8. The highest BCUT2D eigenvalue weighted by molar-refractivity contribution is 8.00. The zero-order chi connectivity index (χ0) is 20.4. The van der Waals surface area contributed by atoms with Gasteiger partial charge < -0.3 is 10.7 Å². The van der Waals surface area contributed by atoms with Gasteiger partial charge in [0.2, 0.25) is 11.1 Å². The van der Waals surface area contributed by atoms with Crippen LogP contribution in [0.1, 0.15) is 36.3 Å². The predicted molar refractivity (Wildman–Crippen MR) is 117 cm³/mol. The van der Waals surface area contributed by atoms with E-state index in [0.29, 0.717) is 15.9 Å². The van der Waals surface area contributed by atoms with Crippen molar-refractivity contribution >= 4 is 35.0 Å². The molecule has 0 saturated carbocycles. The number of halogens is 1. The molecule has 2 atom stereocenters. The van der Waals surface area contributed by atoms with E-state index in [2.05, 4.69) is 59.1 Å². The van der Waals surface area contributed by atoms with E-state index in [1.54, 1.807) is 24.3 Å². The van der Waals surface area contributed by atoms with Crippen LogP contribution in [0.5, 0.6) is 0 Å². The molecule has 2 heterocycles. The molecule has 0 spiro atoms. The molecular formula is C21H22ClN5OS. The second kappa shape index (κ2) is 8.47. The van der Waals surface area contributed by atoms with E-state index in [1.165, 1.54) is 17.3 Å². The lowest BCUT2D eigenvalue weighted by Gasteiger charge is -2.33. The molecule has 1 amide bonds. The highest BCUT2D eigenvalue weighted by Gasteiger charge is 2.37. The summed E-state index contributed by atoms with van der Waals surface area (Å²) >= 11 is 7.38. The summed E-state index contributed by atoms with van der Waals surface area (Å²) in [5.41, 5.74) is 6.41. The number of aromatic nitrogens is 3. The van der Waals surface area contributed by atoms with E-state index >= 15 is 0 Å². The van der Waals surface area contributed by atoms with Crippen LogP contribution in [0.3, 0.4) is 0 Å². The Labute approximate surface area is 179 Å². The van der Waals surface area contributed by atoms with Crippen LogP contribution in [0.25, 0.3) is 0 Å². The maximum atomic E-state index is 13.2. The van der Waals surface area contributed by atoms with Gasteiger partial charge in [-0.25, -0.2) is 4.68 Å². The number of aryl methyl sites for hydroxylation is 2. The van der Waals surface area contributed by atoms with Gasteiger partial charge in [0, 0.05) is 17.1 Å². The number of benzene rings is 2. The van der Waals surface area contributed by atoms with E-state index in [9.17, 15) is 4.79 Å². The highest BCUT2D eigenvalue weighted by Crippen LogP contribution is 2.37. The first-order valence-electron chi connectivity index (χ1n) is 9.55. The van der Waals surface area contributed by atoms with Crippen molar-refractivity contribution in [3.8, 4) is 0 Å². The molecule has 4 rings (SSSR count). The van der Waals surface area contributed by atoms with Crippen LogP contribution in [-0.4, -0.2) is 26.0 Å². The van der Waals surface area contributed by atoms with Crippen LogP contribution in [0.2, 0.25) is 5.02 Å². The Bertz CT molecular complexity index is 1000. The summed E-state index contributed by atoms with van der Waals surface area (Å²) in [5.74, 6) is 0.783. The van der Waals surface area contributed by atoms with E-state index in [1.807, 2.05) is 4.68 Å². The number of amides is 1. The SMILES string of the molecule is CCCc1nnc2n1NC(c1ccc(C)cc1)C(C(=O)Nc1ccc(Cl)cc1)S2. The van der Waals surface area contributed by atoms with Crippen molar-refractivity contribution < 1.29 is 4.79 Å². The minimum Gasteiger partial charge on any atom is -0.325 e. The third-order valence-corrected chi connectivity index (χ3v) is 6.25. The molecule has 150 valence electrons. The Hall–Kier alpha value is -2.51. The first-order chi connectivity index (χ1) is 14.0. The Morgan fingerprint density at radius 1 is 1.17 bits per heavy atom. The smallest absolute Gasteiger partial charge is 0.240 e. The normalized spacial score (nSPS) is 18.0. The van der Waals surface area contributed by atoms with Gasteiger partial charge in [0.05, 0.1) is 6.04 Å². The van der Waals surface area contributed by atoms with Gasteiger partial charge >= 0.3 is 0 Å². The van der Waals surface area contributed by atoms with Crippen LogP contribution >= 0.6 is 23.4 Å². The zero-order valence-electron chi connectivity index (χ0n) is 16.2. The van der Waals surface area contributed by atoms with Gasteiger partial charge in [0.15, 0.2) is 5.82 Å². The highest BCUT2D eigenvalue weighted by atomic mass is 35.5. The lowest BCUT2D eigenvalue weighted by atomic mass is 10.0. The Balaban J connectivity index is 1.65. The van der Waals surface area contributed by atoms with Gasteiger partial charge in [-0.1, -0.05) is 60.1 Å². The fourth-order valence-corrected chi connectivity index (χ4v) is 4.48. The lowest BCUT2D eigenvalue weighted by Crippen LogP contribution is -2.41. The number of carbonyl (C=O) groups excluding carboxylic acids is 1. The molecule has 2 N–H and O–H groups in total. The van der Waals surface area contributed by atoms with E-state index < -0.39 is 5.25 Å². The van der Waals surface area contributed by atoms with Crippen LogP contribution < -0.4 is 10.7 Å². The summed E-state index contributed by atoms with van der Waals surface area (Å²) in [6.07, 6.45) is 1.79. The van der Waals surface area contributed by atoms with Gasteiger partial charge in [-0.2, -0.15) is 0 Å². The van der Waals surface area contributed by atoms with Gasteiger partial charge in [-0.05, 0) is 43.2 Å². The van der Waals surface area contributed by atoms with E-state index in [4.69, 9.17) is 11.6 Å². The molecule has 2 unspecified atom stereocenters. The van der Waals surface area contributed by atoms with Crippen molar-refractivity contribution in [3.63, 3.8) is 0 Å². The number of anilines is 1. The molecule has 29 heavy (non-hydrogen) atoms. The minimum absolute atomic E-state index is 0.0957. The molecule has 0 radical (unpaired) electrons. The molecule has 1 aliphatic rings. The maximum absolute atomic E-state index is 13.2. The number of nitrogens with zero attached hydrogens (tertiary/aromatic N) is 3. The molecule has 0 aliphatic carbocycles. The predicted octanol–water partition coefficient (Wildman–Crippen LogP) is 4.59. The maximum Gasteiger partial charge on any atom is 0.240 e. The zero-order valence-corrected chi connectivity index (χ0v) is 17.8. The molecule has 8 heteroatoms. The van der Waals surface area contributed by atoms with E-state index in [-0.39, 0.29) is 11.9 Å². The summed E-state index contributed by atoms with van der Waals surface area (Å²) in [6.45, 7) is 4.16. The third-order valence-electron chi connectivity index (χ3n) is 4.78. The largest absolute Gasteiger partial charge is 0.325 e. The van der Waals surface area contributed by atoms with Gasteiger partial charge in [-0.15, -0.1) is 10.2 Å². The topological polar surface area (TPSA) is 71.8 Å². The number of carbonyl (C=O) groups is 1. The number of thioether (sulfide) groups is 1. The van der Waals surface area contributed by atoms with Crippen molar-refractivity contribution in [1.82, 2.24) is 14.9 Å². The standard InChI is InChI=1S/C21H22ClN5OS/c1-3-4-17-24-25-21-27(17)26-18(14-7-5-13(2)6-8-14)19(29-21)20(28)23-16-11-9-15(22)10-12-16/h5-12,18-19,26H,3-4H2,1-2H3,(H,23,28). The monoisotopic (exact) mass is 427 g/mol. The van der Waals surface area contributed by atoms with Gasteiger partial charge in [0.25, 0.3) is 0 Å². The van der Waals surface area contributed by atoms with Crippen LogP contribution in [0.4, 0.5) is 5.69 Å². The Morgan fingerprint density at radius 2 is 1.90 bits per heavy atom. The van der Waals surface area contributed by atoms with Crippen LogP contribution in [-0.2, 0) is 11.2 Å². The summed E-state index contributed by atoms with van der Waals surface area (Å²) in [4.78, 5) is 13.2. The molecule has 6 nitrogen and oxygen atoms in total. The van der Waals surface area contributed by atoms with Crippen molar-refractivity contribution in [2.45, 2.75) is 43.1 Å². The molecular weight excluding hydrogens is 406 g/mol. The number of rotatable bonds is 5. The number of nitrogens with one attached hydrogen (secondary N) is 2. The third kappa shape index (κ3) is 4.26. The molecule has 0 fully saturated rings. The Morgan fingerprint density at radius 3 is 2.59 bits per heavy atom. The van der Waals surface area contributed by atoms with Crippen molar-refractivity contribution in [1.29, 1.82) is 0 Å². The molecule has 3 aromatic rings. The quantitative estimate of drug-likeness (QED) is 0.623. The minimum atomic E-state index is -0.403. The van der Waals surface area contributed by atoms with Gasteiger partial charge in [0.1, 0.15) is 5.25 Å². The second-order valence-corrected chi connectivity index (χ2v) is 8.58. The van der Waals surface area contributed by atoms with Gasteiger partial charge in [-0.3, -0.25) is 4.79 Å². The Kier molecular flexibility index (Phi) is 5.78. The first kappa shape index (κ1) is 19.8. The fourth-order valence-electron chi connectivity index (χ4n) is 3.25. The van der Waals surface area contributed by atoms with Crippen molar-refractivity contribution in [2.75, 3.05) is 10.7 Å². The van der Waals surface area contributed by atoms with Crippen molar-refractivity contribution in [2.24, 2.45) is 0 Å². The average molecular weight is 428 g/mol. The summed E-state index contributed by atoms with van der Waals surface area (Å²) < 4.78 is 1.92. The van der Waals surface area contributed by atoms with E-state index in [0.717, 1.165) is 24.2 Å². The average Bonchev–Trinajstić information content (AvgIpc) is 3.11. The number of fused-ring (bicyclic) bond motifs is 1. The molecule has 1 aliphatic heterocycles.